The first-order valence-corrected chi connectivity index (χ1v) is 16.4. The molecule has 1 heterocycles. The first-order chi connectivity index (χ1) is 22.1. The lowest BCUT2D eigenvalue weighted by atomic mass is 9.82. The zero-order chi connectivity index (χ0) is 30.1. The van der Waals surface area contributed by atoms with E-state index in [1.54, 1.807) is 0 Å². The summed E-state index contributed by atoms with van der Waals surface area (Å²) in [5.41, 5.74) is 12.7. The molecule has 0 unspecified atom stereocenters. The number of benzene rings is 7. The average molecular weight is 594 g/mol. The number of rotatable bonds is 4. The molecule has 7 aromatic carbocycles. The van der Waals surface area contributed by atoms with Crippen LogP contribution >= 0.6 is 11.3 Å². The maximum absolute atomic E-state index is 3.77. The highest BCUT2D eigenvalue weighted by Gasteiger charge is 2.36. The predicted molar refractivity (Wildman–Crippen MR) is 195 cm³/mol. The molecular weight excluding hydrogens is 563 g/mol. The predicted octanol–water partition coefficient (Wildman–Crippen LogP) is 12.6. The Morgan fingerprint density at radius 2 is 1.11 bits per heavy atom. The molecule has 1 aliphatic carbocycles. The molecule has 0 saturated heterocycles. The van der Waals surface area contributed by atoms with Gasteiger partial charge in [-0.15, -0.1) is 11.3 Å². The molecule has 214 valence electrons. The highest BCUT2D eigenvalue weighted by Crippen LogP contribution is 2.52. The Bertz CT molecular complexity index is 2430. The van der Waals surface area contributed by atoms with Crippen LogP contribution in [0.2, 0.25) is 0 Å². The summed E-state index contributed by atoms with van der Waals surface area (Å²) >= 11 is 1.91. The third kappa shape index (κ3) is 3.99. The lowest BCUT2D eigenvalue weighted by molar-refractivity contribution is 0.660. The molecular formula is C43H31NS. The van der Waals surface area contributed by atoms with Gasteiger partial charge in [0.25, 0.3) is 0 Å². The number of nitrogens with one attached hydrogen (secondary N) is 1. The largest absolute Gasteiger partial charge is 0.355 e. The topological polar surface area (TPSA) is 12.0 Å². The molecule has 1 N–H and O–H groups in total. The number of hydrogen-bond acceptors (Lipinski definition) is 2. The van der Waals surface area contributed by atoms with Gasteiger partial charge in [0.2, 0.25) is 0 Å². The monoisotopic (exact) mass is 593 g/mol. The van der Waals surface area contributed by atoms with Gasteiger partial charge in [0.1, 0.15) is 0 Å². The van der Waals surface area contributed by atoms with Crippen LogP contribution in [0.5, 0.6) is 0 Å². The normalized spacial score (nSPS) is 13.3. The summed E-state index contributed by atoms with van der Waals surface area (Å²) in [6.07, 6.45) is 0. The summed E-state index contributed by atoms with van der Waals surface area (Å²) < 4.78 is 2.71. The third-order valence-electron chi connectivity index (χ3n) is 9.69. The van der Waals surface area contributed by atoms with Gasteiger partial charge < -0.3 is 5.32 Å². The van der Waals surface area contributed by atoms with E-state index in [9.17, 15) is 0 Å². The molecule has 8 aromatic rings. The average Bonchev–Trinajstić information content (AvgIpc) is 3.58. The minimum absolute atomic E-state index is 0.0233. The fraction of sp³-hybridized carbons (Fsp3) is 0.0698. The van der Waals surface area contributed by atoms with Crippen LogP contribution in [-0.4, -0.2) is 0 Å². The second-order valence-corrected chi connectivity index (χ2v) is 13.6. The van der Waals surface area contributed by atoms with Gasteiger partial charge >= 0.3 is 0 Å². The van der Waals surface area contributed by atoms with E-state index in [0.29, 0.717) is 0 Å². The van der Waals surface area contributed by atoms with E-state index in [1.807, 2.05) is 11.3 Å². The van der Waals surface area contributed by atoms with E-state index in [4.69, 9.17) is 0 Å². The minimum Gasteiger partial charge on any atom is -0.355 e. The van der Waals surface area contributed by atoms with Crippen molar-refractivity contribution in [2.45, 2.75) is 19.3 Å². The first kappa shape index (κ1) is 26.2. The molecule has 0 aliphatic heterocycles. The van der Waals surface area contributed by atoms with Gasteiger partial charge in [-0.1, -0.05) is 141 Å². The van der Waals surface area contributed by atoms with E-state index in [1.165, 1.54) is 75.5 Å². The maximum atomic E-state index is 3.77. The van der Waals surface area contributed by atoms with Crippen LogP contribution in [0.3, 0.4) is 0 Å². The van der Waals surface area contributed by atoms with Crippen molar-refractivity contribution in [3.63, 3.8) is 0 Å². The molecule has 0 fully saturated rings. The summed E-state index contributed by atoms with van der Waals surface area (Å²) in [5.74, 6) is 0. The zero-order valence-corrected chi connectivity index (χ0v) is 26.1. The highest BCUT2D eigenvalue weighted by atomic mass is 32.1. The van der Waals surface area contributed by atoms with Gasteiger partial charge in [0.05, 0.1) is 0 Å². The van der Waals surface area contributed by atoms with Crippen molar-refractivity contribution >= 4 is 53.7 Å². The van der Waals surface area contributed by atoms with Crippen LogP contribution in [0.15, 0.2) is 146 Å². The fourth-order valence-electron chi connectivity index (χ4n) is 7.45. The van der Waals surface area contributed by atoms with E-state index >= 15 is 0 Å². The molecule has 0 bridgehead atoms. The van der Waals surface area contributed by atoms with E-state index < -0.39 is 0 Å². The van der Waals surface area contributed by atoms with Crippen molar-refractivity contribution in [2.75, 3.05) is 5.32 Å². The molecule has 1 nitrogen and oxygen atoms in total. The van der Waals surface area contributed by atoms with Crippen molar-refractivity contribution < 1.29 is 0 Å². The fourth-order valence-corrected chi connectivity index (χ4v) is 8.82. The van der Waals surface area contributed by atoms with Crippen LogP contribution in [0, 0.1) is 0 Å². The molecule has 0 saturated carbocycles. The Morgan fingerprint density at radius 3 is 2.00 bits per heavy atom. The van der Waals surface area contributed by atoms with Crippen LogP contribution < -0.4 is 5.32 Å². The van der Waals surface area contributed by atoms with Gasteiger partial charge in [-0.25, -0.2) is 0 Å². The second kappa shape index (κ2) is 9.92. The first-order valence-electron chi connectivity index (χ1n) is 15.6. The Balaban J connectivity index is 1.09. The quantitative estimate of drug-likeness (QED) is 0.214. The van der Waals surface area contributed by atoms with Gasteiger partial charge in [0, 0.05) is 42.5 Å². The lowest BCUT2D eigenvalue weighted by Gasteiger charge is -2.22. The van der Waals surface area contributed by atoms with Gasteiger partial charge in [-0.3, -0.25) is 0 Å². The molecule has 2 heteroatoms. The van der Waals surface area contributed by atoms with E-state index in [2.05, 4.69) is 165 Å². The minimum atomic E-state index is -0.0233. The Morgan fingerprint density at radius 1 is 0.467 bits per heavy atom. The number of para-hydroxylation sites is 1. The molecule has 0 radical (unpaired) electrons. The summed E-state index contributed by atoms with van der Waals surface area (Å²) in [7, 11) is 0. The molecule has 0 amide bonds. The van der Waals surface area contributed by atoms with Crippen molar-refractivity contribution in [1.29, 1.82) is 0 Å². The molecule has 45 heavy (non-hydrogen) atoms. The highest BCUT2D eigenvalue weighted by molar-refractivity contribution is 7.27. The zero-order valence-electron chi connectivity index (χ0n) is 25.3. The van der Waals surface area contributed by atoms with Crippen LogP contribution in [0.1, 0.15) is 25.0 Å². The molecule has 1 aliphatic rings. The van der Waals surface area contributed by atoms with Gasteiger partial charge in [-0.2, -0.15) is 0 Å². The SMILES string of the molecule is CC1(C)c2ccccc2-c2c(-c3ccccc3Nc3ccc(-c4cccc5c4sc4c6ccccc6ccc54)cc3)cccc21. The van der Waals surface area contributed by atoms with Crippen LogP contribution in [-0.2, 0) is 5.41 Å². The number of fused-ring (bicyclic) bond motifs is 8. The van der Waals surface area contributed by atoms with Crippen LogP contribution in [0.4, 0.5) is 11.4 Å². The summed E-state index contributed by atoms with van der Waals surface area (Å²) in [4.78, 5) is 0. The van der Waals surface area contributed by atoms with Crippen molar-refractivity contribution in [2.24, 2.45) is 0 Å². The van der Waals surface area contributed by atoms with Crippen molar-refractivity contribution in [3.05, 3.63) is 157 Å². The van der Waals surface area contributed by atoms with Gasteiger partial charge in [-0.05, 0) is 67.9 Å². The number of thiophene rings is 1. The Hall–Kier alpha value is -5.18. The second-order valence-electron chi connectivity index (χ2n) is 12.6. The van der Waals surface area contributed by atoms with Crippen molar-refractivity contribution in [3.8, 4) is 33.4 Å². The molecule has 9 rings (SSSR count). The standard InChI is InChI=1S/C43H31NS/c1-43(2)37-18-7-5-14-36(37)40-33(16-10-19-38(40)43)32-13-6-8-20-39(32)44-29-24-21-28(22-25-29)31-15-9-17-34-35-26-23-27-11-3-4-12-30(27)42(35)45-41(31)34/h3-26,44H,1-2H3. The third-order valence-corrected chi connectivity index (χ3v) is 11.0. The molecule has 0 spiro atoms. The Kier molecular flexibility index (Phi) is 5.78. The molecule has 1 aromatic heterocycles. The van der Waals surface area contributed by atoms with E-state index in [-0.39, 0.29) is 5.41 Å². The van der Waals surface area contributed by atoms with Gasteiger partial charge in [0.15, 0.2) is 0 Å². The lowest BCUT2D eigenvalue weighted by Crippen LogP contribution is -2.14. The smallest absolute Gasteiger partial charge is 0.0464 e. The summed E-state index contributed by atoms with van der Waals surface area (Å²) in [6, 6.07) is 53.2. The number of hydrogen-bond donors (Lipinski definition) is 1. The Labute approximate surface area is 267 Å². The van der Waals surface area contributed by atoms with Crippen LogP contribution in [0.25, 0.3) is 64.3 Å². The number of anilines is 2. The maximum Gasteiger partial charge on any atom is 0.0464 e. The van der Waals surface area contributed by atoms with E-state index in [0.717, 1.165) is 11.4 Å². The van der Waals surface area contributed by atoms with Crippen molar-refractivity contribution in [1.82, 2.24) is 0 Å². The summed E-state index contributed by atoms with van der Waals surface area (Å²) in [5, 5.41) is 9.06. The summed E-state index contributed by atoms with van der Waals surface area (Å²) in [6.45, 7) is 4.68. The molecule has 0 atom stereocenters.